The van der Waals surface area contributed by atoms with E-state index in [1.54, 1.807) is 26.3 Å². The Bertz CT molecular complexity index is 725. The first-order chi connectivity index (χ1) is 10.6. The quantitative estimate of drug-likeness (QED) is 0.629. The maximum Gasteiger partial charge on any atom is 0.252 e. The van der Waals surface area contributed by atoms with Crippen LogP contribution in [-0.2, 0) is 0 Å². The Kier molecular flexibility index (Phi) is 5.13. The summed E-state index contributed by atoms with van der Waals surface area (Å²) in [6, 6.07) is 6.88. The lowest BCUT2D eigenvalue weighted by Crippen LogP contribution is -2.10. The minimum Gasteiger partial charge on any atom is -0.493 e. The standard InChI is InChI=1S/C15H18N4O3/c1-4-22-13-8-11(5-6-12(13)21-3)9-16-19-15-17-10(2)7-14(20)18-15/h5-9H,4H2,1-3H3,(H2,17,18,19,20)/b16-9-. The molecule has 0 amide bonds. The van der Waals surface area contributed by atoms with Crippen molar-refractivity contribution in [2.45, 2.75) is 13.8 Å². The Morgan fingerprint density at radius 1 is 1.36 bits per heavy atom. The molecule has 7 heteroatoms. The number of H-pyrrole nitrogens is 1. The van der Waals surface area contributed by atoms with Crippen LogP contribution >= 0.6 is 0 Å². The molecule has 0 bridgehead atoms. The second-order valence-electron chi connectivity index (χ2n) is 4.45. The fraction of sp³-hybridized carbons (Fsp3) is 0.267. The third-order valence-corrected chi connectivity index (χ3v) is 2.74. The molecule has 2 N–H and O–H groups in total. The molecule has 0 atom stereocenters. The summed E-state index contributed by atoms with van der Waals surface area (Å²) in [5, 5.41) is 4.05. The number of rotatable bonds is 6. The Morgan fingerprint density at radius 3 is 2.86 bits per heavy atom. The van der Waals surface area contributed by atoms with E-state index in [-0.39, 0.29) is 5.56 Å². The van der Waals surface area contributed by atoms with E-state index < -0.39 is 0 Å². The van der Waals surface area contributed by atoms with Crippen LogP contribution in [0.2, 0.25) is 0 Å². The van der Waals surface area contributed by atoms with Crippen molar-refractivity contribution in [1.29, 1.82) is 0 Å². The second-order valence-corrected chi connectivity index (χ2v) is 4.45. The zero-order valence-electron chi connectivity index (χ0n) is 12.7. The molecule has 0 aliphatic heterocycles. The Morgan fingerprint density at radius 2 is 2.18 bits per heavy atom. The van der Waals surface area contributed by atoms with Crippen LogP contribution < -0.4 is 20.5 Å². The van der Waals surface area contributed by atoms with Crippen LogP contribution in [0.3, 0.4) is 0 Å². The lowest BCUT2D eigenvalue weighted by molar-refractivity contribution is 0.311. The molecule has 116 valence electrons. The van der Waals surface area contributed by atoms with Gasteiger partial charge in [-0.25, -0.2) is 10.4 Å². The van der Waals surface area contributed by atoms with E-state index >= 15 is 0 Å². The van der Waals surface area contributed by atoms with Gasteiger partial charge in [0.25, 0.3) is 5.56 Å². The number of aryl methyl sites for hydroxylation is 1. The second kappa shape index (κ2) is 7.26. The van der Waals surface area contributed by atoms with Crippen molar-refractivity contribution in [3.8, 4) is 11.5 Å². The van der Waals surface area contributed by atoms with Gasteiger partial charge in [0.15, 0.2) is 11.5 Å². The van der Waals surface area contributed by atoms with Crippen molar-refractivity contribution in [2.75, 3.05) is 19.1 Å². The molecule has 0 saturated carbocycles. The van der Waals surface area contributed by atoms with Crippen molar-refractivity contribution >= 4 is 12.2 Å². The summed E-state index contributed by atoms with van der Waals surface area (Å²) in [7, 11) is 1.59. The molecular weight excluding hydrogens is 284 g/mol. The molecule has 7 nitrogen and oxygen atoms in total. The summed E-state index contributed by atoms with van der Waals surface area (Å²) in [6.07, 6.45) is 1.60. The van der Waals surface area contributed by atoms with Crippen LogP contribution in [0.1, 0.15) is 18.2 Å². The van der Waals surface area contributed by atoms with Gasteiger partial charge in [0.2, 0.25) is 5.95 Å². The minimum atomic E-state index is -0.228. The van der Waals surface area contributed by atoms with Crippen molar-refractivity contribution in [3.63, 3.8) is 0 Å². The Labute approximate surface area is 128 Å². The van der Waals surface area contributed by atoms with Gasteiger partial charge in [-0.2, -0.15) is 5.10 Å². The molecule has 0 fully saturated rings. The van der Waals surface area contributed by atoms with Gasteiger partial charge in [-0.1, -0.05) is 0 Å². The number of benzene rings is 1. The van der Waals surface area contributed by atoms with Gasteiger partial charge in [0.1, 0.15) is 0 Å². The highest BCUT2D eigenvalue weighted by molar-refractivity contribution is 5.81. The van der Waals surface area contributed by atoms with E-state index in [1.165, 1.54) is 6.07 Å². The summed E-state index contributed by atoms with van der Waals surface area (Å²) in [5.74, 6) is 1.60. The minimum absolute atomic E-state index is 0.228. The van der Waals surface area contributed by atoms with Crippen LogP contribution in [0.4, 0.5) is 5.95 Å². The SMILES string of the molecule is CCOc1cc(/C=N\Nc2nc(C)cc(=O)[nH]2)ccc1OC. The van der Waals surface area contributed by atoms with Gasteiger partial charge < -0.3 is 9.47 Å². The molecule has 0 saturated heterocycles. The molecule has 0 unspecified atom stereocenters. The van der Waals surface area contributed by atoms with Crippen LogP contribution in [0, 0.1) is 6.92 Å². The molecule has 0 aliphatic carbocycles. The molecule has 0 spiro atoms. The van der Waals surface area contributed by atoms with Crippen LogP contribution in [0.15, 0.2) is 34.2 Å². The van der Waals surface area contributed by atoms with Crippen LogP contribution in [0.25, 0.3) is 0 Å². The normalized spacial score (nSPS) is 10.7. The highest BCUT2D eigenvalue weighted by Gasteiger charge is 2.04. The third kappa shape index (κ3) is 4.08. The number of aromatic amines is 1. The number of nitrogens with zero attached hydrogens (tertiary/aromatic N) is 2. The monoisotopic (exact) mass is 302 g/mol. The van der Waals surface area contributed by atoms with Crippen molar-refractivity contribution in [2.24, 2.45) is 5.10 Å². The number of methoxy groups -OCH3 is 1. The van der Waals surface area contributed by atoms with Gasteiger partial charge in [0.05, 0.1) is 19.9 Å². The van der Waals surface area contributed by atoms with Crippen molar-refractivity contribution < 1.29 is 9.47 Å². The number of hydrogen-bond acceptors (Lipinski definition) is 6. The van der Waals surface area contributed by atoms with E-state index in [9.17, 15) is 4.79 Å². The molecule has 1 aromatic heterocycles. The first-order valence-electron chi connectivity index (χ1n) is 6.80. The lowest BCUT2D eigenvalue weighted by Gasteiger charge is -2.09. The van der Waals surface area contributed by atoms with Crippen LogP contribution in [-0.4, -0.2) is 29.9 Å². The number of anilines is 1. The van der Waals surface area contributed by atoms with Crippen molar-refractivity contribution in [1.82, 2.24) is 9.97 Å². The van der Waals surface area contributed by atoms with Gasteiger partial charge in [-0.05, 0) is 37.6 Å². The summed E-state index contributed by atoms with van der Waals surface area (Å²) in [6.45, 7) is 4.19. The molecule has 2 rings (SSSR count). The Balaban J connectivity index is 2.12. The molecule has 22 heavy (non-hydrogen) atoms. The maximum atomic E-state index is 11.3. The maximum absolute atomic E-state index is 11.3. The highest BCUT2D eigenvalue weighted by atomic mass is 16.5. The molecule has 1 heterocycles. The van der Waals surface area contributed by atoms with Gasteiger partial charge >= 0.3 is 0 Å². The average molecular weight is 302 g/mol. The van der Waals surface area contributed by atoms with E-state index in [1.807, 2.05) is 19.1 Å². The van der Waals surface area contributed by atoms with Gasteiger partial charge in [0, 0.05) is 11.8 Å². The van der Waals surface area contributed by atoms with Crippen LogP contribution in [0.5, 0.6) is 11.5 Å². The molecular formula is C15H18N4O3. The summed E-state index contributed by atoms with van der Waals surface area (Å²) in [4.78, 5) is 18.0. The largest absolute Gasteiger partial charge is 0.493 e. The predicted molar refractivity (Wildman–Crippen MR) is 85.0 cm³/mol. The molecule has 0 aliphatic rings. The smallest absolute Gasteiger partial charge is 0.252 e. The zero-order chi connectivity index (χ0) is 15.9. The van der Waals surface area contributed by atoms with Gasteiger partial charge in [-0.15, -0.1) is 0 Å². The summed E-state index contributed by atoms with van der Waals surface area (Å²) in [5.41, 5.74) is 3.90. The van der Waals surface area contributed by atoms with Gasteiger partial charge in [-0.3, -0.25) is 9.78 Å². The van der Waals surface area contributed by atoms with E-state index in [2.05, 4.69) is 20.5 Å². The summed E-state index contributed by atoms with van der Waals surface area (Å²) < 4.78 is 10.7. The number of hydrogen-bond donors (Lipinski definition) is 2. The van der Waals surface area contributed by atoms with Crippen molar-refractivity contribution in [3.05, 3.63) is 45.9 Å². The number of ether oxygens (including phenoxy) is 2. The highest BCUT2D eigenvalue weighted by Crippen LogP contribution is 2.27. The summed E-state index contributed by atoms with van der Waals surface area (Å²) >= 11 is 0. The first-order valence-corrected chi connectivity index (χ1v) is 6.80. The topological polar surface area (TPSA) is 88.6 Å². The van der Waals surface area contributed by atoms with E-state index in [4.69, 9.17) is 9.47 Å². The van der Waals surface area contributed by atoms with E-state index in [0.29, 0.717) is 29.7 Å². The van der Waals surface area contributed by atoms with E-state index in [0.717, 1.165) is 5.56 Å². The molecule has 0 radical (unpaired) electrons. The predicted octanol–water partition coefficient (Wildman–Crippen LogP) is 1.93. The Hall–Kier alpha value is -2.83. The zero-order valence-corrected chi connectivity index (χ0v) is 12.7. The molecule has 2 aromatic rings. The number of hydrazone groups is 1. The lowest BCUT2D eigenvalue weighted by atomic mass is 10.2. The first kappa shape index (κ1) is 15.6. The fourth-order valence-electron chi connectivity index (χ4n) is 1.84. The molecule has 1 aromatic carbocycles. The number of aromatic nitrogens is 2. The third-order valence-electron chi connectivity index (χ3n) is 2.74. The number of nitrogens with one attached hydrogen (secondary N) is 2. The average Bonchev–Trinajstić information content (AvgIpc) is 2.47. The fourth-order valence-corrected chi connectivity index (χ4v) is 1.84.